The molecule has 2 amide bonds. The Balaban J connectivity index is 2.72. The molecule has 1 N–H and O–H groups in total. The molecule has 1 saturated heterocycles. The van der Waals surface area contributed by atoms with E-state index in [1.807, 2.05) is 0 Å². The standard InChI is InChI=1S/C3H2N2O5/c6-1-2(5(8)9)10-3(7)4-1/h2H,(H,4,6,7). The third-order valence-corrected chi connectivity index (χ3v) is 0.860. The number of cyclic esters (lactones) is 1. The summed E-state index contributed by atoms with van der Waals surface area (Å²) < 4.78 is 3.94. The van der Waals surface area contributed by atoms with Crippen molar-refractivity contribution in [1.82, 2.24) is 5.32 Å². The van der Waals surface area contributed by atoms with Crippen LogP contribution < -0.4 is 5.32 Å². The predicted octanol–water partition coefficient (Wildman–Crippen LogP) is -1.14. The van der Waals surface area contributed by atoms with Crippen LogP contribution >= 0.6 is 0 Å². The molecule has 0 bridgehead atoms. The number of rotatable bonds is 1. The third kappa shape index (κ3) is 0.879. The number of carbonyl (C=O) groups is 2. The lowest BCUT2D eigenvalue weighted by Crippen LogP contribution is -2.30. The maximum atomic E-state index is 10.3. The Morgan fingerprint density at radius 1 is 1.60 bits per heavy atom. The van der Waals surface area contributed by atoms with Gasteiger partial charge in [0.25, 0.3) is 0 Å². The summed E-state index contributed by atoms with van der Waals surface area (Å²) in [5.41, 5.74) is 0. The number of carbonyl (C=O) groups excluding carboxylic acids is 2. The van der Waals surface area contributed by atoms with E-state index in [4.69, 9.17) is 0 Å². The minimum atomic E-state index is -1.87. The van der Waals surface area contributed by atoms with Crippen molar-refractivity contribution in [3.05, 3.63) is 10.1 Å². The van der Waals surface area contributed by atoms with E-state index >= 15 is 0 Å². The Hall–Kier alpha value is -1.66. The first kappa shape index (κ1) is 6.46. The molecule has 1 rings (SSSR count). The highest BCUT2D eigenvalue weighted by molar-refractivity contribution is 5.98. The van der Waals surface area contributed by atoms with Crippen LogP contribution in [0.15, 0.2) is 0 Å². The van der Waals surface area contributed by atoms with Crippen LogP contribution in [0.2, 0.25) is 0 Å². The highest BCUT2D eigenvalue weighted by Crippen LogP contribution is 2.00. The van der Waals surface area contributed by atoms with Gasteiger partial charge < -0.3 is 4.74 Å². The van der Waals surface area contributed by atoms with Crippen molar-refractivity contribution >= 4 is 12.0 Å². The average Bonchev–Trinajstić information content (AvgIpc) is 2.10. The van der Waals surface area contributed by atoms with Gasteiger partial charge in [0.2, 0.25) is 0 Å². The Kier molecular flexibility index (Phi) is 1.25. The molecule has 1 unspecified atom stereocenters. The van der Waals surface area contributed by atoms with E-state index in [-0.39, 0.29) is 0 Å². The van der Waals surface area contributed by atoms with Gasteiger partial charge in [-0.05, 0) is 0 Å². The average molecular weight is 146 g/mol. The molecular formula is C3H2N2O5. The molecule has 0 saturated carbocycles. The van der Waals surface area contributed by atoms with Gasteiger partial charge in [0, 0.05) is 0 Å². The highest BCUT2D eigenvalue weighted by atomic mass is 16.7. The molecule has 1 atom stereocenters. The lowest BCUT2D eigenvalue weighted by atomic mass is 10.6. The normalized spacial score (nSPS) is 23.8. The fourth-order valence-electron chi connectivity index (χ4n) is 0.485. The van der Waals surface area contributed by atoms with Crippen molar-refractivity contribution < 1.29 is 19.2 Å². The second-order valence-corrected chi connectivity index (χ2v) is 1.53. The van der Waals surface area contributed by atoms with Gasteiger partial charge in [-0.2, -0.15) is 0 Å². The van der Waals surface area contributed by atoms with E-state index in [1.165, 1.54) is 0 Å². The SMILES string of the molecule is O=C1NC(=O)C([N+](=O)[O-])O1. The van der Waals surface area contributed by atoms with Gasteiger partial charge >= 0.3 is 18.2 Å². The molecule has 10 heavy (non-hydrogen) atoms. The third-order valence-electron chi connectivity index (χ3n) is 0.860. The monoisotopic (exact) mass is 146 g/mol. The van der Waals surface area contributed by atoms with E-state index in [2.05, 4.69) is 4.74 Å². The van der Waals surface area contributed by atoms with Crippen LogP contribution in [-0.4, -0.2) is 23.2 Å². The first-order chi connectivity index (χ1) is 4.61. The molecule has 0 aromatic heterocycles. The van der Waals surface area contributed by atoms with Crippen LogP contribution in [0.1, 0.15) is 0 Å². The summed E-state index contributed by atoms with van der Waals surface area (Å²) >= 11 is 0. The van der Waals surface area contributed by atoms with Gasteiger partial charge in [0.15, 0.2) is 0 Å². The summed E-state index contributed by atoms with van der Waals surface area (Å²) in [7, 11) is 0. The van der Waals surface area contributed by atoms with E-state index in [1.54, 1.807) is 5.32 Å². The quantitative estimate of drug-likeness (QED) is 0.372. The summed E-state index contributed by atoms with van der Waals surface area (Å²) in [6, 6.07) is 0. The van der Waals surface area contributed by atoms with Crippen LogP contribution in [0, 0.1) is 10.1 Å². The lowest BCUT2D eigenvalue weighted by Gasteiger charge is -1.92. The number of hydrogen-bond donors (Lipinski definition) is 1. The fraction of sp³-hybridized carbons (Fsp3) is 0.333. The Morgan fingerprint density at radius 2 is 2.20 bits per heavy atom. The number of hydrogen-bond acceptors (Lipinski definition) is 5. The highest BCUT2D eigenvalue weighted by Gasteiger charge is 2.41. The summed E-state index contributed by atoms with van der Waals surface area (Å²) in [5.74, 6) is -1.03. The topological polar surface area (TPSA) is 98.5 Å². The largest absolute Gasteiger partial charge is 0.437 e. The molecular weight excluding hydrogens is 144 g/mol. The summed E-state index contributed by atoms with van der Waals surface area (Å²) in [5, 5.41) is 11.4. The van der Waals surface area contributed by atoms with E-state index in [0.29, 0.717) is 0 Å². The second-order valence-electron chi connectivity index (χ2n) is 1.53. The van der Waals surface area contributed by atoms with Crippen molar-refractivity contribution in [2.45, 2.75) is 6.23 Å². The fourth-order valence-corrected chi connectivity index (χ4v) is 0.485. The molecule has 7 heteroatoms. The van der Waals surface area contributed by atoms with E-state index < -0.39 is 23.2 Å². The molecule has 1 aliphatic rings. The van der Waals surface area contributed by atoms with Crippen LogP contribution in [0.5, 0.6) is 0 Å². The number of amides is 2. The molecule has 1 heterocycles. The van der Waals surface area contributed by atoms with Gasteiger partial charge in [-0.1, -0.05) is 0 Å². The van der Waals surface area contributed by atoms with Gasteiger partial charge in [-0.3, -0.25) is 20.2 Å². The zero-order valence-corrected chi connectivity index (χ0v) is 4.57. The van der Waals surface area contributed by atoms with Gasteiger partial charge in [-0.25, -0.2) is 4.79 Å². The zero-order chi connectivity index (χ0) is 7.72. The molecule has 1 aliphatic heterocycles. The first-order valence-corrected chi connectivity index (χ1v) is 2.26. The van der Waals surface area contributed by atoms with E-state index in [9.17, 15) is 19.7 Å². The molecule has 0 spiro atoms. The minimum Gasteiger partial charge on any atom is -0.373 e. The van der Waals surface area contributed by atoms with E-state index in [0.717, 1.165) is 0 Å². The zero-order valence-electron chi connectivity index (χ0n) is 4.57. The maximum Gasteiger partial charge on any atom is 0.437 e. The number of nitrogens with one attached hydrogen (secondary N) is 1. The van der Waals surface area contributed by atoms with Gasteiger partial charge in [0.05, 0.1) is 4.92 Å². The molecule has 0 aromatic rings. The summed E-state index contributed by atoms with van der Waals surface area (Å²) in [6.07, 6.45) is -2.95. The second kappa shape index (κ2) is 1.94. The Labute approximate surface area is 54.1 Å². The maximum absolute atomic E-state index is 10.3. The van der Waals surface area contributed by atoms with Crippen molar-refractivity contribution in [2.75, 3.05) is 0 Å². The number of ether oxygens (including phenoxy) is 1. The number of alkyl carbamates (subject to hydrolysis) is 1. The number of nitrogens with zero attached hydrogens (tertiary/aromatic N) is 1. The molecule has 0 radical (unpaired) electrons. The van der Waals surface area contributed by atoms with Crippen molar-refractivity contribution in [3.63, 3.8) is 0 Å². The van der Waals surface area contributed by atoms with Crippen LogP contribution in [0.25, 0.3) is 0 Å². The summed E-state index contributed by atoms with van der Waals surface area (Å²) in [6.45, 7) is 0. The Morgan fingerprint density at radius 3 is 2.40 bits per heavy atom. The van der Waals surface area contributed by atoms with Gasteiger partial charge in [-0.15, -0.1) is 0 Å². The molecule has 54 valence electrons. The molecule has 1 fully saturated rings. The molecule has 7 nitrogen and oxygen atoms in total. The number of nitro groups is 1. The Bertz CT molecular complexity index is 211. The first-order valence-electron chi connectivity index (χ1n) is 2.26. The van der Waals surface area contributed by atoms with Crippen molar-refractivity contribution in [2.24, 2.45) is 0 Å². The van der Waals surface area contributed by atoms with Crippen LogP contribution in [0.4, 0.5) is 4.79 Å². The van der Waals surface area contributed by atoms with Crippen LogP contribution in [0.3, 0.4) is 0 Å². The molecule has 0 aromatic carbocycles. The van der Waals surface area contributed by atoms with Crippen molar-refractivity contribution in [3.8, 4) is 0 Å². The smallest absolute Gasteiger partial charge is 0.373 e. The van der Waals surface area contributed by atoms with Crippen LogP contribution in [-0.2, 0) is 9.53 Å². The number of imide groups is 1. The van der Waals surface area contributed by atoms with Crippen molar-refractivity contribution in [1.29, 1.82) is 0 Å². The molecule has 0 aliphatic carbocycles. The van der Waals surface area contributed by atoms with Gasteiger partial charge in [0.1, 0.15) is 0 Å². The summed E-state index contributed by atoms with van der Waals surface area (Å²) in [4.78, 5) is 29.3. The lowest BCUT2D eigenvalue weighted by molar-refractivity contribution is -0.546. The minimum absolute atomic E-state index is 0.986. The predicted molar refractivity (Wildman–Crippen MR) is 25.4 cm³/mol.